The van der Waals surface area contributed by atoms with Crippen LogP contribution in [0.25, 0.3) is 0 Å². The lowest BCUT2D eigenvalue weighted by molar-refractivity contribution is 0.206. The Morgan fingerprint density at radius 1 is 1.43 bits per heavy atom. The van der Waals surface area contributed by atoms with E-state index in [4.69, 9.17) is 4.74 Å². The number of hydrogen-bond donors (Lipinski definition) is 0. The first-order valence-electron chi connectivity index (χ1n) is 4.55. The summed E-state index contributed by atoms with van der Waals surface area (Å²) >= 11 is 0. The van der Waals surface area contributed by atoms with E-state index in [1.165, 1.54) is 0 Å². The maximum absolute atomic E-state index is 5.02. The number of hydrogen-bond acceptors (Lipinski definition) is 3. The molecule has 0 bridgehead atoms. The molecule has 3 heteroatoms. The zero-order chi connectivity index (χ0) is 10.4. The predicted octanol–water partition coefficient (Wildman–Crippen LogP) is 2.10. The van der Waals surface area contributed by atoms with E-state index in [1.54, 1.807) is 7.11 Å². The van der Waals surface area contributed by atoms with Crippen molar-refractivity contribution in [3.63, 3.8) is 0 Å². The standard InChI is InChI=1S/C11H16N2O/c1-12-10-6-4-5-7-11(10)13(2)8-9-14-3/h4-7H,1,8-9H2,2-3H3. The Labute approximate surface area is 85.0 Å². The molecule has 0 saturated heterocycles. The molecule has 0 N–H and O–H groups in total. The minimum atomic E-state index is 0.710. The fourth-order valence-electron chi connectivity index (χ4n) is 1.27. The van der Waals surface area contributed by atoms with Crippen LogP contribution in [0.1, 0.15) is 0 Å². The zero-order valence-electron chi connectivity index (χ0n) is 8.73. The van der Waals surface area contributed by atoms with Crippen LogP contribution < -0.4 is 4.90 Å². The number of rotatable bonds is 5. The first-order valence-corrected chi connectivity index (χ1v) is 4.55. The Hall–Kier alpha value is -1.35. The molecule has 1 aromatic carbocycles. The topological polar surface area (TPSA) is 24.8 Å². The van der Waals surface area contributed by atoms with Gasteiger partial charge in [0.1, 0.15) is 0 Å². The molecule has 0 aromatic heterocycles. The van der Waals surface area contributed by atoms with Crippen molar-refractivity contribution in [1.82, 2.24) is 0 Å². The van der Waals surface area contributed by atoms with Crippen LogP contribution in [-0.2, 0) is 4.74 Å². The van der Waals surface area contributed by atoms with Gasteiger partial charge in [-0.3, -0.25) is 4.99 Å². The van der Waals surface area contributed by atoms with Crippen molar-refractivity contribution in [3.05, 3.63) is 24.3 Å². The number of para-hydroxylation sites is 2. The first kappa shape index (κ1) is 10.7. The summed E-state index contributed by atoms with van der Waals surface area (Å²) in [6.07, 6.45) is 0. The van der Waals surface area contributed by atoms with E-state index in [9.17, 15) is 0 Å². The van der Waals surface area contributed by atoms with Crippen LogP contribution in [0.15, 0.2) is 29.3 Å². The summed E-state index contributed by atoms with van der Waals surface area (Å²) in [5.41, 5.74) is 1.99. The lowest BCUT2D eigenvalue weighted by atomic mass is 10.2. The minimum absolute atomic E-state index is 0.710. The molecule has 0 atom stereocenters. The zero-order valence-corrected chi connectivity index (χ0v) is 8.73. The van der Waals surface area contributed by atoms with E-state index < -0.39 is 0 Å². The Kier molecular flexibility index (Phi) is 4.13. The van der Waals surface area contributed by atoms with Gasteiger partial charge in [0, 0.05) is 20.7 Å². The van der Waals surface area contributed by atoms with Gasteiger partial charge in [-0.25, -0.2) is 0 Å². The molecule has 0 unspecified atom stereocenters. The summed E-state index contributed by atoms with van der Waals surface area (Å²) in [5.74, 6) is 0. The average molecular weight is 192 g/mol. The van der Waals surface area contributed by atoms with E-state index in [0.29, 0.717) is 6.61 Å². The SMILES string of the molecule is C=Nc1ccccc1N(C)CCOC. The number of benzene rings is 1. The molecule has 3 nitrogen and oxygen atoms in total. The molecule has 0 aliphatic rings. The van der Waals surface area contributed by atoms with E-state index in [-0.39, 0.29) is 0 Å². The summed E-state index contributed by atoms with van der Waals surface area (Å²) < 4.78 is 5.02. The van der Waals surface area contributed by atoms with Gasteiger partial charge in [-0.05, 0) is 18.9 Å². The highest BCUT2D eigenvalue weighted by Gasteiger charge is 2.04. The number of nitrogens with zero attached hydrogens (tertiary/aromatic N) is 2. The van der Waals surface area contributed by atoms with Crippen molar-refractivity contribution < 1.29 is 4.74 Å². The highest BCUT2D eigenvalue weighted by Crippen LogP contribution is 2.26. The highest BCUT2D eigenvalue weighted by atomic mass is 16.5. The maximum atomic E-state index is 5.02. The lowest BCUT2D eigenvalue weighted by Crippen LogP contribution is -2.21. The number of ether oxygens (including phenoxy) is 1. The summed E-state index contributed by atoms with van der Waals surface area (Å²) in [5, 5.41) is 0. The monoisotopic (exact) mass is 192 g/mol. The van der Waals surface area contributed by atoms with E-state index in [0.717, 1.165) is 17.9 Å². The third-order valence-electron chi connectivity index (χ3n) is 2.09. The number of likely N-dealkylation sites (N-methyl/N-ethyl adjacent to an activating group) is 1. The van der Waals surface area contributed by atoms with Crippen molar-refractivity contribution in [1.29, 1.82) is 0 Å². The fraction of sp³-hybridized carbons (Fsp3) is 0.364. The van der Waals surface area contributed by atoms with Crippen LogP contribution in [-0.4, -0.2) is 34.0 Å². The van der Waals surface area contributed by atoms with Crippen LogP contribution >= 0.6 is 0 Å². The Morgan fingerprint density at radius 2 is 2.14 bits per heavy atom. The molecule has 1 aromatic rings. The quantitative estimate of drug-likeness (QED) is 0.667. The average Bonchev–Trinajstić information content (AvgIpc) is 2.25. The van der Waals surface area contributed by atoms with Crippen LogP contribution in [0.4, 0.5) is 11.4 Å². The number of aliphatic imine (C=N–C) groups is 1. The normalized spacial score (nSPS) is 9.86. The molecule has 0 spiro atoms. The second-order valence-corrected chi connectivity index (χ2v) is 3.06. The van der Waals surface area contributed by atoms with Gasteiger partial charge < -0.3 is 9.64 Å². The van der Waals surface area contributed by atoms with Crippen LogP contribution in [0.3, 0.4) is 0 Å². The van der Waals surface area contributed by atoms with Crippen molar-refractivity contribution in [2.24, 2.45) is 4.99 Å². The number of methoxy groups -OCH3 is 1. The molecule has 14 heavy (non-hydrogen) atoms. The molecule has 0 heterocycles. The van der Waals surface area contributed by atoms with Crippen LogP contribution in [0, 0.1) is 0 Å². The van der Waals surface area contributed by atoms with Gasteiger partial charge in [0.05, 0.1) is 18.0 Å². The first-order chi connectivity index (χ1) is 6.79. The molecule has 0 saturated carbocycles. The molecule has 0 aliphatic carbocycles. The summed E-state index contributed by atoms with van der Waals surface area (Å²) in [7, 11) is 3.72. The molecular weight excluding hydrogens is 176 g/mol. The van der Waals surface area contributed by atoms with Crippen molar-refractivity contribution in [2.75, 3.05) is 32.2 Å². The van der Waals surface area contributed by atoms with Gasteiger partial charge in [0.2, 0.25) is 0 Å². The smallest absolute Gasteiger partial charge is 0.0855 e. The fourth-order valence-corrected chi connectivity index (χ4v) is 1.27. The van der Waals surface area contributed by atoms with Crippen LogP contribution in [0.2, 0.25) is 0 Å². The largest absolute Gasteiger partial charge is 0.383 e. The maximum Gasteiger partial charge on any atom is 0.0855 e. The molecular formula is C11H16N2O. The summed E-state index contributed by atoms with van der Waals surface area (Å²) in [6.45, 7) is 5.11. The minimum Gasteiger partial charge on any atom is -0.383 e. The Bertz CT molecular complexity index is 299. The van der Waals surface area contributed by atoms with Gasteiger partial charge in [0.15, 0.2) is 0 Å². The Balaban J connectivity index is 2.77. The molecule has 0 fully saturated rings. The molecule has 0 amide bonds. The van der Waals surface area contributed by atoms with Crippen LogP contribution in [0.5, 0.6) is 0 Å². The number of anilines is 1. The van der Waals surface area contributed by atoms with Gasteiger partial charge in [-0.1, -0.05) is 12.1 Å². The predicted molar refractivity (Wildman–Crippen MR) is 60.8 cm³/mol. The van der Waals surface area contributed by atoms with Gasteiger partial charge >= 0.3 is 0 Å². The molecule has 76 valence electrons. The second kappa shape index (κ2) is 5.40. The van der Waals surface area contributed by atoms with Crippen molar-refractivity contribution in [2.45, 2.75) is 0 Å². The third kappa shape index (κ3) is 2.57. The molecule has 1 rings (SSSR count). The van der Waals surface area contributed by atoms with E-state index >= 15 is 0 Å². The third-order valence-corrected chi connectivity index (χ3v) is 2.09. The lowest BCUT2D eigenvalue weighted by Gasteiger charge is -2.20. The van der Waals surface area contributed by atoms with Gasteiger partial charge in [-0.15, -0.1) is 0 Å². The second-order valence-electron chi connectivity index (χ2n) is 3.06. The van der Waals surface area contributed by atoms with Gasteiger partial charge in [-0.2, -0.15) is 0 Å². The van der Waals surface area contributed by atoms with Gasteiger partial charge in [0.25, 0.3) is 0 Å². The van der Waals surface area contributed by atoms with Crippen molar-refractivity contribution >= 4 is 18.1 Å². The van der Waals surface area contributed by atoms with E-state index in [1.807, 2.05) is 31.3 Å². The van der Waals surface area contributed by atoms with E-state index in [2.05, 4.69) is 16.6 Å². The highest BCUT2D eigenvalue weighted by molar-refractivity contribution is 5.68. The Morgan fingerprint density at radius 3 is 2.79 bits per heavy atom. The van der Waals surface area contributed by atoms with Crippen molar-refractivity contribution in [3.8, 4) is 0 Å². The summed E-state index contributed by atoms with van der Waals surface area (Å²) in [6, 6.07) is 7.93. The molecule has 0 aliphatic heterocycles. The molecule has 0 radical (unpaired) electrons. The summed E-state index contributed by atoms with van der Waals surface area (Å²) in [4.78, 5) is 6.07.